The number of allylic oxidation sites excluding steroid dienone is 5. The summed E-state index contributed by atoms with van der Waals surface area (Å²) in [5, 5.41) is 48.5. The van der Waals surface area contributed by atoms with E-state index in [0.29, 0.717) is 44.9 Å². The Labute approximate surface area is 496 Å². The van der Waals surface area contributed by atoms with Crippen LogP contribution in [0.25, 0.3) is 6.08 Å². The summed E-state index contributed by atoms with van der Waals surface area (Å²) in [4.78, 5) is 57.3. The topological polar surface area (TPSA) is 195 Å². The van der Waals surface area contributed by atoms with Gasteiger partial charge in [-0.3, -0.25) is 4.79 Å². The Morgan fingerprint density at radius 3 is 1.60 bits per heavy atom. The highest BCUT2D eigenvalue weighted by Crippen LogP contribution is 2.56. The number of carbonyl (C=O) groups is 4. The van der Waals surface area contributed by atoms with E-state index in [9.17, 15) is 39.6 Å². The quantitative estimate of drug-likeness (QED) is 0.0208. The van der Waals surface area contributed by atoms with Crippen molar-refractivity contribution in [3.63, 3.8) is 0 Å². The number of hydrogen-bond donors (Lipinski definition) is 4. The first-order chi connectivity index (χ1) is 39.7. The van der Waals surface area contributed by atoms with E-state index in [-0.39, 0.29) is 38.4 Å². The highest BCUT2D eigenvalue weighted by molar-refractivity contribution is 5.99. The molecular formula is C69H114O13. The van der Waals surface area contributed by atoms with Gasteiger partial charge in [-0.05, 0) is 95.0 Å². The van der Waals surface area contributed by atoms with E-state index < -0.39 is 71.2 Å². The minimum atomic E-state index is -3.50. The molecule has 2 bridgehead atoms. The van der Waals surface area contributed by atoms with Crippen LogP contribution < -0.4 is 0 Å². The minimum absolute atomic E-state index is 0.0628. The molecule has 9 unspecified atom stereocenters. The van der Waals surface area contributed by atoms with E-state index in [4.69, 9.17) is 23.7 Å². The maximum absolute atomic E-state index is 14.7. The Hall–Kier alpha value is -3.88. The SMILES string of the molecule is CC=CCCCCC=CCCCCC(=O)OC1C(O)C2(CCC(C)C(O)C(C)CC=Cc3ccccc3)OC(C(=O)OCCCCCCCCCCCCCCC)C(O)(C(=O)OCCCCCCCCCCCCCCC)C1(C(=O)O)O2. The van der Waals surface area contributed by atoms with Gasteiger partial charge >= 0.3 is 23.9 Å². The summed E-state index contributed by atoms with van der Waals surface area (Å²) in [6.45, 7) is 9.85. The third-order valence-electron chi connectivity index (χ3n) is 16.9. The van der Waals surface area contributed by atoms with Crippen molar-refractivity contribution >= 4 is 30.0 Å². The summed E-state index contributed by atoms with van der Waals surface area (Å²) in [7, 11) is 0. The van der Waals surface area contributed by atoms with Gasteiger partial charge < -0.3 is 44.1 Å². The van der Waals surface area contributed by atoms with Crippen LogP contribution >= 0.6 is 0 Å². The predicted molar refractivity (Wildman–Crippen MR) is 328 cm³/mol. The van der Waals surface area contributed by atoms with Gasteiger partial charge in [-0.15, -0.1) is 0 Å². The van der Waals surface area contributed by atoms with Crippen LogP contribution in [0.5, 0.6) is 0 Å². The Balaban J connectivity index is 1.85. The first kappa shape index (κ1) is 72.4. The molecule has 0 aliphatic carbocycles. The molecule has 1 aromatic carbocycles. The van der Waals surface area contributed by atoms with Crippen LogP contribution in [0, 0.1) is 11.8 Å². The second-order valence-electron chi connectivity index (χ2n) is 24.0. The Morgan fingerprint density at radius 1 is 0.622 bits per heavy atom. The van der Waals surface area contributed by atoms with Crippen molar-refractivity contribution in [3.8, 4) is 0 Å². The molecule has 1 aromatic rings. The maximum atomic E-state index is 14.7. The number of aliphatic carboxylic acids is 1. The highest BCUT2D eigenvalue weighted by Gasteiger charge is 2.86. The van der Waals surface area contributed by atoms with Crippen molar-refractivity contribution in [1.82, 2.24) is 0 Å². The summed E-state index contributed by atoms with van der Waals surface area (Å²) in [5.41, 5.74) is -5.78. The second-order valence-corrected chi connectivity index (χ2v) is 24.0. The van der Waals surface area contributed by atoms with Crippen molar-refractivity contribution in [2.45, 2.75) is 314 Å². The predicted octanol–water partition coefficient (Wildman–Crippen LogP) is 16.0. The molecule has 2 heterocycles. The number of rotatable bonds is 50. The molecule has 13 heteroatoms. The number of unbranched alkanes of at least 4 members (excludes halogenated alkanes) is 29. The largest absolute Gasteiger partial charge is 0.479 e. The van der Waals surface area contributed by atoms with Crippen LogP contribution in [0.1, 0.15) is 278 Å². The molecule has 2 fully saturated rings. The van der Waals surface area contributed by atoms with E-state index in [1.54, 1.807) is 6.92 Å². The van der Waals surface area contributed by atoms with E-state index in [2.05, 4.69) is 38.2 Å². The third-order valence-corrected chi connectivity index (χ3v) is 16.9. The summed E-state index contributed by atoms with van der Waals surface area (Å²) < 4.78 is 30.1. The summed E-state index contributed by atoms with van der Waals surface area (Å²) in [5.74, 6) is -8.78. The molecule has 82 heavy (non-hydrogen) atoms. The van der Waals surface area contributed by atoms with Crippen molar-refractivity contribution in [2.24, 2.45) is 11.8 Å². The van der Waals surface area contributed by atoms with Gasteiger partial charge in [0.1, 0.15) is 6.10 Å². The van der Waals surface area contributed by atoms with Crippen LogP contribution in [0.15, 0.2) is 60.7 Å². The standard InChI is InChI=1S/C69H114O13/c1-6-9-12-15-18-21-24-26-29-32-35-38-44-54-78-64(73)63-68(77,66(76)79-55-45-39-36-33-30-27-25-22-19-16-13-10-7-2)69(65(74)75)62(80-59(70)51-43-37-34-31-28-23-20-17-14-11-8-3)61(72)67(81-63,82-69)53-52-57(5)60(71)56(4)47-46-50-58-48-41-40-42-49-58/h8,11,28,31,40-42,46,48-50,56-57,60-63,71-72,77H,6-7,9-10,12-27,29-30,32-39,43-45,47,51-55H2,1-5H3,(H,74,75). The fourth-order valence-corrected chi connectivity index (χ4v) is 11.6. The summed E-state index contributed by atoms with van der Waals surface area (Å²) in [6.07, 6.45) is 39.1. The molecule has 2 aliphatic heterocycles. The molecular weight excluding hydrogens is 1040 g/mol. The van der Waals surface area contributed by atoms with Crippen LogP contribution in [0.4, 0.5) is 0 Å². The highest BCUT2D eigenvalue weighted by atomic mass is 16.8. The molecule has 13 nitrogen and oxygen atoms in total. The molecule has 3 rings (SSSR count). The second kappa shape index (κ2) is 42.8. The van der Waals surface area contributed by atoms with E-state index >= 15 is 0 Å². The van der Waals surface area contributed by atoms with Gasteiger partial charge in [0, 0.05) is 12.8 Å². The van der Waals surface area contributed by atoms with Crippen LogP contribution in [0.3, 0.4) is 0 Å². The van der Waals surface area contributed by atoms with Crippen molar-refractivity contribution in [2.75, 3.05) is 13.2 Å². The molecule has 0 radical (unpaired) electrons. The van der Waals surface area contributed by atoms with E-state index in [1.165, 1.54) is 96.3 Å². The molecule has 2 saturated heterocycles. The van der Waals surface area contributed by atoms with Gasteiger partial charge in [-0.25, -0.2) is 14.4 Å². The number of aliphatic hydroxyl groups excluding tert-OH is 2. The van der Waals surface area contributed by atoms with Crippen LogP contribution in [0.2, 0.25) is 0 Å². The number of aliphatic hydroxyl groups is 3. The smallest absolute Gasteiger partial charge is 0.345 e. The van der Waals surface area contributed by atoms with Crippen LogP contribution in [-0.4, -0.2) is 98.9 Å². The van der Waals surface area contributed by atoms with Gasteiger partial charge in [0.05, 0.1) is 19.3 Å². The molecule has 2 aliphatic rings. The Morgan fingerprint density at radius 2 is 1.10 bits per heavy atom. The van der Waals surface area contributed by atoms with Crippen molar-refractivity contribution in [3.05, 3.63) is 66.3 Å². The Bertz CT molecular complexity index is 1950. The molecule has 468 valence electrons. The lowest BCUT2D eigenvalue weighted by Crippen LogP contribution is -2.78. The number of carboxylic acid groups (broad SMARTS) is 1. The zero-order valence-electron chi connectivity index (χ0n) is 51.9. The van der Waals surface area contributed by atoms with Crippen LogP contribution in [-0.2, 0) is 42.9 Å². The minimum Gasteiger partial charge on any atom is -0.479 e. The lowest BCUT2D eigenvalue weighted by atomic mass is 9.74. The average Bonchev–Trinajstić information content (AvgIpc) is 1.52. The number of esters is 3. The number of fused-ring (bicyclic) bond motifs is 2. The fourth-order valence-electron chi connectivity index (χ4n) is 11.6. The van der Waals surface area contributed by atoms with Gasteiger partial charge in [-0.2, -0.15) is 0 Å². The van der Waals surface area contributed by atoms with Gasteiger partial charge in [0.15, 0.2) is 6.10 Å². The number of carboxylic acids is 1. The zero-order chi connectivity index (χ0) is 59.7. The molecule has 0 amide bonds. The number of benzene rings is 1. The lowest BCUT2D eigenvalue weighted by Gasteiger charge is -2.49. The zero-order valence-corrected chi connectivity index (χ0v) is 51.9. The molecule has 0 saturated carbocycles. The van der Waals surface area contributed by atoms with E-state index in [1.807, 2.05) is 56.3 Å². The third kappa shape index (κ3) is 25.0. The number of carbonyl (C=O) groups excluding carboxylic acids is 3. The average molecular weight is 1150 g/mol. The Kier molecular flexibility index (Phi) is 37.8. The normalized spacial score (nSPS) is 22.7. The first-order valence-corrected chi connectivity index (χ1v) is 33.0. The van der Waals surface area contributed by atoms with Gasteiger partial charge in [-0.1, -0.05) is 249 Å². The van der Waals surface area contributed by atoms with E-state index in [0.717, 1.165) is 82.6 Å². The molecule has 4 N–H and O–H groups in total. The number of hydrogen-bond acceptors (Lipinski definition) is 12. The fraction of sp³-hybridized carbons (Fsp3) is 0.768. The summed E-state index contributed by atoms with van der Waals surface area (Å²) in [6, 6.07) is 9.80. The molecule has 0 aromatic heterocycles. The first-order valence-electron chi connectivity index (χ1n) is 33.0. The van der Waals surface area contributed by atoms with Gasteiger partial charge in [0.2, 0.25) is 23.1 Å². The van der Waals surface area contributed by atoms with Crippen molar-refractivity contribution in [1.29, 1.82) is 0 Å². The van der Waals surface area contributed by atoms with Crippen molar-refractivity contribution < 1.29 is 63.3 Å². The lowest BCUT2D eigenvalue weighted by molar-refractivity contribution is -0.376. The maximum Gasteiger partial charge on any atom is 0.345 e. The molecule has 9 atom stereocenters. The van der Waals surface area contributed by atoms with Gasteiger partial charge in [0.25, 0.3) is 0 Å². The summed E-state index contributed by atoms with van der Waals surface area (Å²) >= 11 is 0. The molecule has 0 spiro atoms. The monoisotopic (exact) mass is 1150 g/mol. The number of ether oxygens (including phenoxy) is 5.